The standard InChI is InChI=1S/C24H26N2O3S/c1-17-9-11-22(14-18(17)2)25-24(27)21-8-5-13-26(16-21)30(28,29)23-12-10-19-6-3-4-7-20(19)15-23/h3-4,6-7,9-12,14-15,21H,5,8,13,16H2,1-2H3,(H,25,27)/t21-/m0/s1. The highest BCUT2D eigenvalue weighted by atomic mass is 32.2. The van der Waals surface area contributed by atoms with Crippen molar-refractivity contribution in [1.82, 2.24) is 4.31 Å². The highest BCUT2D eigenvalue weighted by molar-refractivity contribution is 7.89. The van der Waals surface area contributed by atoms with Gasteiger partial charge in [-0.15, -0.1) is 0 Å². The lowest BCUT2D eigenvalue weighted by molar-refractivity contribution is -0.120. The van der Waals surface area contributed by atoms with Crippen molar-refractivity contribution in [3.8, 4) is 0 Å². The summed E-state index contributed by atoms with van der Waals surface area (Å²) in [4.78, 5) is 13.1. The lowest BCUT2D eigenvalue weighted by Crippen LogP contribution is -2.43. The third-order valence-electron chi connectivity index (χ3n) is 5.89. The second-order valence-electron chi connectivity index (χ2n) is 8.00. The first kappa shape index (κ1) is 20.6. The van der Waals surface area contributed by atoms with Gasteiger partial charge in [0.15, 0.2) is 0 Å². The van der Waals surface area contributed by atoms with Gasteiger partial charge in [0.2, 0.25) is 15.9 Å². The minimum absolute atomic E-state index is 0.128. The van der Waals surface area contributed by atoms with E-state index in [1.165, 1.54) is 9.87 Å². The second-order valence-corrected chi connectivity index (χ2v) is 9.94. The van der Waals surface area contributed by atoms with Crippen molar-refractivity contribution < 1.29 is 13.2 Å². The molecular weight excluding hydrogens is 396 g/mol. The minimum atomic E-state index is -3.65. The van der Waals surface area contributed by atoms with E-state index in [0.717, 1.165) is 22.0 Å². The van der Waals surface area contributed by atoms with Crippen LogP contribution in [0.2, 0.25) is 0 Å². The van der Waals surface area contributed by atoms with Crippen molar-refractivity contribution in [2.45, 2.75) is 31.6 Å². The summed E-state index contributed by atoms with van der Waals surface area (Å²) in [5, 5.41) is 4.84. The molecule has 0 aromatic heterocycles. The van der Waals surface area contributed by atoms with E-state index in [4.69, 9.17) is 0 Å². The van der Waals surface area contributed by atoms with Crippen LogP contribution in [-0.4, -0.2) is 31.7 Å². The molecule has 3 aromatic rings. The number of anilines is 1. The molecule has 1 fully saturated rings. The van der Waals surface area contributed by atoms with Gasteiger partial charge in [0.25, 0.3) is 0 Å². The summed E-state index contributed by atoms with van der Waals surface area (Å²) in [6.07, 6.45) is 1.35. The van der Waals surface area contributed by atoms with Gasteiger partial charge < -0.3 is 5.32 Å². The van der Waals surface area contributed by atoms with Crippen molar-refractivity contribution in [1.29, 1.82) is 0 Å². The van der Waals surface area contributed by atoms with Crippen LogP contribution < -0.4 is 5.32 Å². The van der Waals surface area contributed by atoms with Crippen LogP contribution in [0.25, 0.3) is 10.8 Å². The molecule has 5 nitrogen and oxygen atoms in total. The second kappa shape index (κ2) is 8.20. The van der Waals surface area contributed by atoms with Gasteiger partial charge in [-0.2, -0.15) is 4.31 Å². The molecule has 0 aliphatic carbocycles. The predicted octanol–water partition coefficient (Wildman–Crippen LogP) is 4.50. The van der Waals surface area contributed by atoms with Gasteiger partial charge >= 0.3 is 0 Å². The van der Waals surface area contributed by atoms with E-state index in [9.17, 15) is 13.2 Å². The Balaban J connectivity index is 1.51. The van der Waals surface area contributed by atoms with Gasteiger partial charge in [-0.1, -0.05) is 36.4 Å². The number of aryl methyl sites for hydroxylation is 2. The molecule has 3 aromatic carbocycles. The molecule has 0 unspecified atom stereocenters. The molecular formula is C24H26N2O3S. The molecule has 1 saturated heterocycles. The van der Waals surface area contributed by atoms with E-state index >= 15 is 0 Å². The van der Waals surface area contributed by atoms with Gasteiger partial charge in [0, 0.05) is 18.8 Å². The molecule has 1 aliphatic heterocycles. The van der Waals surface area contributed by atoms with E-state index in [2.05, 4.69) is 5.32 Å². The van der Waals surface area contributed by atoms with Gasteiger partial charge in [0.1, 0.15) is 0 Å². The zero-order chi connectivity index (χ0) is 21.3. The number of amides is 1. The zero-order valence-electron chi connectivity index (χ0n) is 17.3. The molecule has 0 bridgehead atoms. The third-order valence-corrected chi connectivity index (χ3v) is 7.75. The molecule has 1 N–H and O–H groups in total. The highest BCUT2D eigenvalue weighted by Gasteiger charge is 2.33. The van der Waals surface area contributed by atoms with Crippen LogP contribution in [0.5, 0.6) is 0 Å². The van der Waals surface area contributed by atoms with Crippen molar-refractivity contribution >= 4 is 32.4 Å². The van der Waals surface area contributed by atoms with E-state index in [1.807, 2.05) is 62.4 Å². The zero-order valence-corrected chi connectivity index (χ0v) is 18.1. The fraction of sp³-hybridized carbons (Fsp3) is 0.292. The number of carbonyl (C=O) groups is 1. The highest BCUT2D eigenvalue weighted by Crippen LogP contribution is 2.27. The van der Waals surface area contributed by atoms with Crippen molar-refractivity contribution in [2.24, 2.45) is 5.92 Å². The van der Waals surface area contributed by atoms with E-state index in [1.54, 1.807) is 12.1 Å². The number of rotatable bonds is 4. The summed E-state index contributed by atoms with van der Waals surface area (Å²) in [5.41, 5.74) is 3.02. The number of sulfonamides is 1. The average Bonchev–Trinajstić information content (AvgIpc) is 2.76. The van der Waals surface area contributed by atoms with Crippen molar-refractivity contribution in [3.05, 3.63) is 71.8 Å². The van der Waals surface area contributed by atoms with E-state index < -0.39 is 10.0 Å². The van der Waals surface area contributed by atoms with Crippen LogP contribution in [0.1, 0.15) is 24.0 Å². The first-order chi connectivity index (χ1) is 14.3. The molecule has 1 aliphatic rings. The largest absolute Gasteiger partial charge is 0.326 e. The Morgan fingerprint density at radius 1 is 0.967 bits per heavy atom. The van der Waals surface area contributed by atoms with Crippen LogP contribution in [-0.2, 0) is 14.8 Å². The smallest absolute Gasteiger partial charge is 0.243 e. The molecule has 156 valence electrons. The fourth-order valence-electron chi connectivity index (χ4n) is 3.92. The van der Waals surface area contributed by atoms with Gasteiger partial charge in [-0.3, -0.25) is 4.79 Å². The van der Waals surface area contributed by atoms with Gasteiger partial charge in [0.05, 0.1) is 10.8 Å². The first-order valence-corrected chi connectivity index (χ1v) is 11.7. The Morgan fingerprint density at radius 3 is 2.50 bits per heavy atom. The Kier molecular flexibility index (Phi) is 5.62. The molecule has 0 radical (unpaired) electrons. The van der Waals surface area contributed by atoms with Crippen LogP contribution in [0.3, 0.4) is 0 Å². The minimum Gasteiger partial charge on any atom is -0.326 e. The Morgan fingerprint density at radius 2 is 1.73 bits per heavy atom. The van der Waals surface area contributed by atoms with E-state index in [0.29, 0.717) is 19.4 Å². The summed E-state index contributed by atoms with van der Waals surface area (Å²) in [6.45, 7) is 4.66. The molecule has 30 heavy (non-hydrogen) atoms. The SMILES string of the molecule is Cc1ccc(NC(=O)[C@H]2CCCN(S(=O)(=O)c3ccc4ccccc4c3)C2)cc1C. The van der Waals surface area contributed by atoms with Crippen LogP contribution in [0, 0.1) is 19.8 Å². The quantitative estimate of drug-likeness (QED) is 0.673. The number of benzene rings is 3. The maximum atomic E-state index is 13.2. The maximum Gasteiger partial charge on any atom is 0.243 e. The van der Waals surface area contributed by atoms with Crippen molar-refractivity contribution in [3.63, 3.8) is 0 Å². The number of hydrogen-bond acceptors (Lipinski definition) is 3. The summed E-state index contributed by atoms with van der Waals surface area (Å²) in [5.74, 6) is -0.493. The molecule has 1 amide bonds. The Hall–Kier alpha value is -2.70. The molecule has 6 heteroatoms. The lowest BCUT2D eigenvalue weighted by Gasteiger charge is -2.31. The number of nitrogens with one attached hydrogen (secondary N) is 1. The number of carbonyl (C=O) groups excluding carboxylic acids is 1. The van der Waals surface area contributed by atoms with Crippen LogP contribution in [0.15, 0.2) is 65.6 Å². The monoisotopic (exact) mass is 422 g/mol. The van der Waals surface area contributed by atoms with Crippen molar-refractivity contribution in [2.75, 3.05) is 18.4 Å². The molecule has 1 atom stereocenters. The third kappa shape index (κ3) is 4.11. The summed E-state index contributed by atoms with van der Waals surface area (Å²) < 4.78 is 27.9. The Labute approximate surface area is 177 Å². The summed E-state index contributed by atoms with van der Waals surface area (Å²) >= 11 is 0. The molecule has 4 rings (SSSR count). The van der Waals surface area contributed by atoms with Gasteiger partial charge in [-0.05, 0) is 72.9 Å². The first-order valence-electron chi connectivity index (χ1n) is 10.2. The summed E-state index contributed by atoms with van der Waals surface area (Å²) in [6, 6.07) is 18.7. The number of nitrogens with zero attached hydrogens (tertiary/aromatic N) is 1. The fourth-order valence-corrected chi connectivity index (χ4v) is 5.47. The predicted molar refractivity (Wildman–Crippen MR) is 120 cm³/mol. The lowest BCUT2D eigenvalue weighted by atomic mass is 9.98. The maximum absolute atomic E-state index is 13.2. The number of hydrogen-bond donors (Lipinski definition) is 1. The Bertz CT molecular complexity index is 1200. The van der Waals surface area contributed by atoms with Crippen LogP contribution in [0.4, 0.5) is 5.69 Å². The van der Waals surface area contributed by atoms with E-state index in [-0.39, 0.29) is 23.3 Å². The number of piperidine rings is 1. The molecule has 0 spiro atoms. The number of fused-ring (bicyclic) bond motifs is 1. The molecule has 0 saturated carbocycles. The summed E-state index contributed by atoms with van der Waals surface area (Å²) in [7, 11) is -3.65. The topological polar surface area (TPSA) is 66.5 Å². The van der Waals surface area contributed by atoms with Crippen LogP contribution >= 0.6 is 0 Å². The molecule has 1 heterocycles. The van der Waals surface area contributed by atoms with Gasteiger partial charge in [-0.25, -0.2) is 8.42 Å². The normalized spacial score (nSPS) is 17.7. The average molecular weight is 423 g/mol.